The second kappa shape index (κ2) is 14.6. The number of likely N-dealkylation sites (tertiary alicyclic amines) is 1. The number of aliphatic hydroxyl groups is 1. The van der Waals surface area contributed by atoms with E-state index in [0.717, 1.165) is 23.1 Å². The molecule has 3 N–H and O–H groups in total. The zero-order valence-corrected chi connectivity index (χ0v) is 25.8. The summed E-state index contributed by atoms with van der Waals surface area (Å²) in [6, 6.07) is 20.6. The van der Waals surface area contributed by atoms with Gasteiger partial charge in [-0.2, -0.15) is 13.2 Å². The molecular formula is C34H39ClF3N3O3. The average molecular weight is 630 g/mol. The van der Waals surface area contributed by atoms with Gasteiger partial charge in [0, 0.05) is 48.2 Å². The Labute approximate surface area is 261 Å². The first-order chi connectivity index (χ1) is 21.0. The number of alkyl halides is 3. The lowest BCUT2D eigenvalue weighted by Gasteiger charge is -2.44. The van der Waals surface area contributed by atoms with Crippen LogP contribution in [0.3, 0.4) is 0 Å². The molecule has 2 atom stereocenters. The van der Waals surface area contributed by atoms with Crippen molar-refractivity contribution in [1.82, 2.24) is 15.5 Å². The standard InChI is InChI=1S/C34H39ClF3N3O3/c1-3-23-8-4-9-26(20-23)30-28(11-5-12-29(30)35)33(44,17-7-18-40-32(43)34(36,37)38)27-10-6-19-41(22-27)31(42)25-15-13-24(14-16-25)21-39-2/h4-5,8-9,11-16,20,27,39,44H,3,6-7,10,17-19,21-22H2,1-2H3,(H,40,43). The lowest BCUT2D eigenvalue weighted by Crippen LogP contribution is -2.48. The van der Waals surface area contributed by atoms with Gasteiger partial charge < -0.3 is 20.6 Å². The molecule has 0 aliphatic carbocycles. The number of amides is 2. The van der Waals surface area contributed by atoms with Gasteiger partial charge in [0.15, 0.2) is 0 Å². The number of carbonyl (C=O) groups is 2. The van der Waals surface area contributed by atoms with E-state index in [1.807, 2.05) is 55.7 Å². The van der Waals surface area contributed by atoms with Crippen molar-refractivity contribution in [1.29, 1.82) is 0 Å². The van der Waals surface area contributed by atoms with Gasteiger partial charge in [-0.15, -0.1) is 0 Å². The topological polar surface area (TPSA) is 81.7 Å². The van der Waals surface area contributed by atoms with Gasteiger partial charge in [-0.3, -0.25) is 9.59 Å². The average Bonchev–Trinajstić information content (AvgIpc) is 3.02. The number of rotatable bonds is 11. The number of benzene rings is 3. The highest BCUT2D eigenvalue weighted by atomic mass is 35.5. The molecule has 0 saturated carbocycles. The molecule has 1 aliphatic heterocycles. The van der Waals surface area contributed by atoms with Crippen molar-refractivity contribution in [3.8, 4) is 11.1 Å². The molecular weight excluding hydrogens is 591 g/mol. The minimum absolute atomic E-state index is 0.0529. The highest BCUT2D eigenvalue weighted by Gasteiger charge is 2.43. The summed E-state index contributed by atoms with van der Waals surface area (Å²) in [6.07, 6.45) is -2.82. The van der Waals surface area contributed by atoms with Gasteiger partial charge in [-0.05, 0) is 79.6 Å². The molecule has 2 unspecified atom stereocenters. The summed E-state index contributed by atoms with van der Waals surface area (Å²) >= 11 is 6.79. The van der Waals surface area contributed by atoms with Crippen molar-refractivity contribution >= 4 is 23.4 Å². The zero-order valence-electron chi connectivity index (χ0n) is 25.0. The van der Waals surface area contributed by atoms with Gasteiger partial charge in [0.05, 0.1) is 5.60 Å². The van der Waals surface area contributed by atoms with Crippen LogP contribution in [0, 0.1) is 5.92 Å². The van der Waals surface area contributed by atoms with Crippen molar-refractivity contribution in [3.63, 3.8) is 0 Å². The van der Waals surface area contributed by atoms with Crippen molar-refractivity contribution in [2.24, 2.45) is 5.92 Å². The van der Waals surface area contributed by atoms with Crippen LogP contribution in [0.2, 0.25) is 5.02 Å². The summed E-state index contributed by atoms with van der Waals surface area (Å²) in [6.45, 7) is 3.23. The maximum absolute atomic E-state index is 13.6. The Morgan fingerprint density at radius 3 is 2.45 bits per heavy atom. The number of halogens is 4. The van der Waals surface area contributed by atoms with E-state index in [1.54, 1.807) is 35.2 Å². The molecule has 3 aromatic rings. The number of piperidine rings is 1. The molecule has 0 radical (unpaired) electrons. The van der Waals surface area contributed by atoms with E-state index in [0.29, 0.717) is 47.6 Å². The first-order valence-corrected chi connectivity index (χ1v) is 15.3. The van der Waals surface area contributed by atoms with Gasteiger partial charge in [0.25, 0.3) is 5.91 Å². The summed E-state index contributed by atoms with van der Waals surface area (Å²) in [5, 5.41) is 18.1. The molecule has 2 amide bonds. The number of nitrogens with zero attached hydrogens (tertiary/aromatic N) is 1. The Hall–Kier alpha value is -3.40. The highest BCUT2D eigenvalue weighted by Crippen LogP contribution is 2.45. The van der Waals surface area contributed by atoms with Crippen LogP contribution in [0.1, 0.15) is 59.7 Å². The zero-order chi connectivity index (χ0) is 31.9. The second-order valence-corrected chi connectivity index (χ2v) is 11.7. The Bertz CT molecular complexity index is 1450. The summed E-state index contributed by atoms with van der Waals surface area (Å²) in [5.74, 6) is -2.60. The van der Waals surface area contributed by atoms with Gasteiger partial charge >= 0.3 is 12.1 Å². The largest absolute Gasteiger partial charge is 0.471 e. The Kier molecular flexibility index (Phi) is 11.1. The van der Waals surface area contributed by atoms with Crippen LogP contribution < -0.4 is 10.6 Å². The smallest absolute Gasteiger partial charge is 0.385 e. The van der Waals surface area contributed by atoms with E-state index in [1.165, 1.54) is 0 Å². The summed E-state index contributed by atoms with van der Waals surface area (Å²) < 4.78 is 38.4. The Balaban J connectivity index is 1.68. The second-order valence-electron chi connectivity index (χ2n) is 11.3. The highest BCUT2D eigenvalue weighted by molar-refractivity contribution is 6.33. The number of carbonyl (C=O) groups excluding carboxylic acids is 2. The lowest BCUT2D eigenvalue weighted by atomic mass is 9.72. The van der Waals surface area contributed by atoms with Crippen molar-refractivity contribution in [2.75, 3.05) is 26.7 Å². The normalized spacial score (nSPS) is 16.8. The Morgan fingerprint density at radius 2 is 1.77 bits per heavy atom. The molecule has 0 bridgehead atoms. The van der Waals surface area contributed by atoms with Gasteiger partial charge in [0.2, 0.25) is 0 Å². The first kappa shape index (κ1) is 33.5. The predicted octanol–water partition coefficient (Wildman–Crippen LogP) is 6.49. The van der Waals surface area contributed by atoms with Crippen LogP contribution >= 0.6 is 11.6 Å². The fourth-order valence-corrected chi connectivity index (χ4v) is 6.33. The maximum Gasteiger partial charge on any atom is 0.471 e. The van der Waals surface area contributed by atoms with E-state index in [2.05, 4.69) is 5.32 Å². The van der Waals surface area contributed by atoms with Crippen LogP contribution in [0.4, 0.5) is 13.2 Å². The lowest BCUT2D eigenvalue weighted by molar-refractivity contribution is -0.173. The molecule has 1 saturated heterocycles. The third-order valence-corrected chi connectivity index (χ3v) is 8.66. The molecule has 44 heavy (non-hydrogen) atoms. The Morgan fingerprint density at radius 1 is 1.05 bits per heavy atom. The monoisotopic (exact) mass is 629 g/mol. The van der Waals surface area contributed by atoms with Crippen molar-refractivity contribution < 1.29 is 27.9 Å². The van der Waals surface area contributed by atoms with Crippen molar-refractivity contribution in [2.45, 2.75) is 57.3 Å². The fraction of sp³-hybridized carbons (Fsp3) is 0.412. The minimum Gasteiger partial charge on any atom is -0.385 e. The van der Waals surface area contributed by atoms with E-state index in [4.69, 9.17) is 11.6 Å². The molecule has 4 rings (SSSR count). The molecule has 6 nitrogen and oxygen atoms in total. The van der Waals surface area contributed by atoms with E-state index >= 15 is 0 Å². The molecule has 1 aliphatic rings. The minimum atomic E-state index is -4.99. The number of aryl methyl sites for hydroxylation is 1. The number of hydrogen-bond acceptors (Lipinski definition) is 4. The molecule has 0 spiro atoms. The number of hydrogen-bond donors (Lipinski definition) is 3. The number of nitrogens with one attached hydrogen (secondary N) is 2. The molecule has 3 aromatic carbocycles. The summed E-state index contributed by atoms with van der Waals surface area (Å²) in [7, 11) is 1.85. The van der Waals surface area contributed by atoms with Gasteiger partial charge in [-0.25, -0.2) is 0 Å². The molecule has 1 fully saturated rings. The van der Waals surface area contributed by atoms with E-state index in [-0.39, 0.29) is 31.8 Å². The SMILES string of the molecule is CCc1cccc(-c2c(Cl)cccc2C(O)(CCCNC(=O)C(F)(F)F)C2CCCN(C(=O)c3ccc(CNC)cc3)C2)c1. The fourth-order valence-electron chi connectivity index (χ4n) is 6.05. The first-order valence-electron chi connectivity index (χ1n) is 15.0. The molecule has 10 heteroatoms. The predicted molar refractivity (Wildman–Crippen MR) is 166 cm³/mol. The molecule has 0 aromatic heterocycles. The molecule has 1 heterocycles. The van der Waals surface area contributed by atoms with Crippen molar-refractivity contribution in [3.05, 3.63) is 94.0 Å². The maximum atomic E-state index is 13.6. The van der Waals surface area contributed by atoms with Gasteiger partial charge in [0.1, 0.15) is 0 Å². The van der Waals surface area contributed by atoms with Crippen LogP contribution in [0.15, 0.2) is 66.7 Å². The summed E-state index contributed by atoms with van der Waals surface area (Å²) in [4.78, 5) is 26.8. The van der Waals surface area contributed by atoms with E-state index < -0.39 is 23.6 Å². The van der Waals surface area contributed by atoms with Crippen LogP contribution in [-0.2, 0) is 23.4 Å². The summed E-state index contributed by atoms with van der Waals surface area (Å²) in [5.41, 5.74) is 3.14. The van der Waals surface area contributed by atoms with E-state index in [9.17, 15) is 27.9 Å². The third-order valence-electron chi connectivity index (χ3n) is 8.35. The van der Waals surface area contributed by atoms with Gasteiger partial charge in [-0.1, -0.05) is 67.1 Å². The quantitative estimate of drug-likeness (QED) is 0.212. The van der Waals surface area contributed by atoms with Crippen LogP contribution in [0.25, 0.3) is 11.1 Å². The van der Waals surface area contributed by atoms with Crippen LogP contribution in [-0.4, -0.2) is 54.7 Å². The van der Waals surface area contributed by atoms with Crippen LogP contribution in [0.5, 0.6) is 0 Å². The molecule has 236 valence electrons. The third kappa shape index (κ3) is 7.81.